The van der Waals surface area contributed by atoms with E-state index in [1.807, 2.05) is 0 Å². The van der Waals surface area contributed by atoms with E-state index in [9.17, 15) is 9.59 Å². The highest BCUT2D eigenvalue weighted by Gasteiger charge is 2.30. The van der Waals surface area contributed by atoms with Gasteiger partial charge in [0.15, 0.2) is 0 Å². The Kier molecular flexibility index (Phi) is 4.39. The fourth-order valence-corrected chi connectivity index (χ4v) is 2.89. The number of nitrogens with one attached hydrogen (secondary N) is 1. The minimum Gasteiger partial charge on any atom is -0.481 e. The van der Waals surface area contributed by atoms with Crippen LogP contribution in [-0.4, -0.2) is 23.0 Å². The molecule has 0 saturated heterocycles. The fraction of sp³-hybridized carbons (Fsp3) is 0.714. The topological polar surface area (TPSA) is 66.4 Å². The Bertz CT molecular complexity index is 362. The molecule has 0 heterocycles. The number of carboxylic acid groups (broad SMARTS) is 1. The molecule has 100 valence electrons. The summed E-state index contributed by atoms with van der Waals surface area (Å²) in [5.41, 5.74) is 1.24. The first-order chi connectivity index (χ1) is 8.65. The lowest BCUT2D eigenvalue weighted by Crippen LogP contribution is -2.33. The lowest BCUT2D eigenvalue weighted by atomic mass is 9.97. The average Bonchev–Trinajstić information content (AvgIpc) is 2.78. The highest BCUT2D eigenvalue weighted by atomic mass is 16.4. The maximum Gasteiger partial charge on any atom is 0.306 e. The van der Waals surface area contributed by atoms with Crippen LogP contribution >= 0.6 is 0 Å². The van der Waals surface area contributed by atoms with Crippen molar-refractivity contribution in [3.8, 4) is 0 Å². The Hall–Kier alpha value is -1.32. The van der Waals surface area contributed by atoms with Gasteiger partial charge in [-0.2, -0.15) is 0 Å². The van der Waals surface area contributed by atoms with Crippen molar-refractivity contribution in [2.45, 2.75) is 57.4 Å². The van der Waals surface area contributed by atoms with Crippen molar-refractivity contribution < 1.29 is 14.7 Å². The molecule has 2 N–H and O–H groups in total. The molecule has 18 heavy (non-hydrogen) atoms. The number of carbonyl (C=O) groups is 2. The number of amides is 1. The third-order valence-corrected chi connectivity index (χ3v) is 3.92. The van der Waals surface area contributed by atoms with E-state index in [1.165, 1.54) is 18.4 Å². The van der Waals surface area contributed by atoms with Gasteiger partial charge in [0.25, 0.3) is 0 Å². The van der Waals surface area contributed by atoms with E-state index in [2.05, 4.69) is 11.4 Å². The van der Waals surface area contributed by atoms with Crippen LogP contribution in [0.3, 0.4) is 0 Å². The van der Waals surface area contributed by atoms with Crippen molar-refractivity contribution in [2.75, 3.05) is 0 Å². The number of hydrogen-bond donors (Lipinski definition) is 2. The Morgan fingerprint density at radius 1 is 1.33 bits per heavy atom. The Balaban J connectivity index is 1.75. The molecule has 2 aliphatic carbocycles. The molecule has 0 bridgehead atoms. The lowest BCUT2D eigenvalue weighted by Gasteiger charge is -2.15. The molecule has 0 aliphatic heterocycles. The zero-order valence-corrected chi connectivity index (χ0v) is 10.7. The van der Waals surface area contributed by atoms with Crippen LogP contribution in [0.2, 0.25) is 0 Å². The van der Waals surface area contributed by atoms with Crippen LogP contribution in [0.4, 0.5) is 0 Å². The van der Waals surface area contributed by atoms with E-state index in [-0.39, 0.29) is 17.9 Å². The van der Waals surface area contributed by atoms with E-state index >= 15 is 0 Å². The van der Waals surface area contributed by atoms with Crippen molar-refractivity contribution in [2.24, 2.45) is 5.92 Å². The van der Waals surface area contributed by atoms with Gasteiger partial charge in [-0.3, -0.25) is 9.59 Å². The molecule has 1 fully saturated rings. The van der Waals surface area contributed by atoms with Gasteiger partial charge in [0.05, 0.1) is 5.92 Å². The molecule has 1 amide bonds. The van der Waals surface area contributed by atoms with E-state index in [4.69, 9.17) is 5.11 Å². The second kappa shape index (κ2) is 6.03. The molecule has 0 spiro atoms. The van der Waals surface area contributed by atoms with Crippen LogP contribution < -0.4 is 5.32 Å². The highest BCUT2D eigenvalue weighted by Crippen LogP contribution is 2.26. The number of carboxylic acids is 1. The molecule has 0 aromatic rings. The second-order valence-electron chi connectivity index (χ2n) is 5.40. The van der Waals surface area contributed by atoms with Gasteiger partial charge in [-0.25, -0.2) is 0 Å². The molecule has 4 nitrogen and oxygen atoms in total. The van der Waals surface area contributed by atoms with Crippen LogP contribution in [-0.2, 0) is 9.59 Å². The molecule has 4 heteroatoms. The van der Waals surface area contributed by atoms with Gasteiger partial charge in [0.2, 0.25) is 5.91 Å². The molecule has 2 atom stereocenters. The van der Waals surface area contributed by atoms with E-state index in [0.29, 0.717) is 19.3 Å². The second-order valence-corrected chi connectivity index (χ2v) is 5.40. The summed E-state index contributed by atoms with van der Waals surface area (Å²) in [6.45, 7) is 0. The molecule has 0 radical (unpaired) electrons. The first-order valence-electron chi connectivity index (χ1n) is 6.85. The predicted octanol–water partition coefficient (Wildman–Crippen LogP) is 2.25. The van der Waals surface area contributed by atoms with E-state index in [0.717, 1.165) is 19.3 Å². The number of rotatable bonds is 4. The van der Waals surface area contributed by atoms with Gasteiger partial charge in [0, 0.05) is 12.5 Å². The standard InChI is InChI=1S/C14H21NO3/c16-13(8-10-4-2-1-3-5-10)15-12-7-6-11(9-12)14(17)18/h4,11-12H,1-3,5-9H2,(H,15,16)(H,17,18)/t11-,12+/m0/s1. The zero-order valence-electron chi connectivity index (χ0n) is 10.7. The quantitative estimate of drug-likeness (QED) is 0.753. The van der Waals surface area contributed by atoms with Crippen molar-refractivity contribution in [3.63, 3.8) is 0 Å². The Labute approximate surface area is 107 Å². The van der Waals surface area contributed by atoms with Crippen LogP contribution in [0.5, 0.6) is 0 Å². The monoisotopic (exact) mass is 251 g/mol. The number of aliphatic carboxylic acids is 1. The summed E-state index contributed by atoms with van der Waals surface area (Å²) < 4.78 is 0. The lowest BCUT2D eigenvalue weighted by molar-refractivity contribution is -0.141. The van der Waals surface area contributed by atoms with Crippen LogP contribution in [0, 0.1) is 5.92 Å². The van der Waals surface area contributed by atoms with Gasteiger partial charge >= 0.3 is 5.97 Å². The Morgan fingerprint density at radius 3 is 2.78 bits per heavy atom. The van der Waals surface area contributed by atoms with Crippen LogP contribution in [0.15, 0.2) is 11.6 Å². The minimum absolute atomic E-state index is 0.0548. The van der Waals surface area contributed by atoms with Crippen LogP contribution in [0.1, 0.15) is 51.4 Å². The summed E-state index contributed by atoms with van der Waals surface area (Å²) in [4.78, 5) is 22.7. The number of carbonyl (C=O) groups excluding carboxylic acids is 1. The first kappa shape index (κ1) is 13.1. The molecule has 0 aromatic carbocycles. The van der Waals surface area contributed by atoms with Crippen molar-refractivity contribution in [1.82, 2.24) is 5.32 Å². The summed E-state index contributed by atoms with van der Waals surface area (Å²) in [6.07, 6.45) is 9.28. The third-order valence-electron chi connectivity index (χ3n) is 3.92. The molecule has 0 unspecified atom stereocenters. The highest BCUT2D eigenvalue weighted by molar-refractivity contribution is 5.79. The minimum atomic E-state index is -0.735. The number of hydrogen-bond acceptors (Lipinski definition) is 2. The van der Waals surface area contributed by atoms with Crippen molar-refractivity contribution in [1.29, 1.82) is 0 Å². The predicted molar refractivity (Wildman–Crippen MR) is 68.1 cm³/mol. The third kappa shape index (κ3) is 3.59. The van der Waals surface area contributed by atoms with Crippen LogP contribution in [0.25, 0.3) is 0 Å². The first-order valence-corrected chi connectivity index (χ1v) is 6.85. The Morgan fingerprint density at radius 2 is 2.17 bits per heavy atom. The summed E-state index contributed by atoms with van der Waals surface area (Å²) >= 11 is 0. The maximum atomic E-state index is 11.8. The molecule has 0 aromatic heterocycles. The van der Waals surface area contributed by atoms with Gasteiger partial charge in [0.1, 0.15) is 0 Å². The van der Waals surface area contributed by atoms with Gasteiger partial charge < -0.3 is 10.4 Å². The molecular weight excluding hydrogens is 230 g/mol. The summed E-state index contributed by atoms with van der Waals surface area (Å²) in [7, 11) is 0. The summed E-state index contributed by atoms with van der Waals surface area (Å²) in [6, 6.07) is 0.0581. The van der Waals surface area contributed by atoms with E-state index in [1.54, 1.807) is 0 Å². The van der Waals surface area contributed by atoms with Gasteiger partial charge in [-0.1, -0.05) is 11.6 Å². The van der Waals surface area contributed by atoms with Gasteiger partial charge in [-0.05, 0) is 44.9 Å². The fourth-order valence-electron chi connectivity index (χ4n) is 2.89. The molecule has 1 saturated carbocycles. The maximum absolute atomic E-state index is 11.8. The molecule has 2 rings (SSSR count). The molecule has 2 aliphatic rings. The van der Waals surface area contributed by atoms with E-state index < -0.39 is 5.97 Å². The normalized spacial score (nSPS) is 27.7. The zero-order chi connectivity index (χ0) is 13.0. The average molecular weight is 251 g/mol. The largest absolute Gasteiger partial charge is 0.481 e. The SMILES string of the molecule is O=C(CC1=CCCCC1)N[C@@H]1CC[C@H](C(=O)O)C1. The smallest absolute Gasteiger partial charge is 0.306 e. The van der Waals surface area contributed by atoms with Crippen molar-refractivity contribution >= 4 is 11.9 Å². The van der Waals surface area contributed by atoms with Gasteiger partial charge in [-0.15, -0.1) is 0 Å². The molecular formula is C14H21NO3. The summed E-state index contributed by atoms with van der Waals surface area (Å²) in [5.74, 6) is -0.954. The summed E-state index contributed by atoms with van der Waals surface area (Å²) in [5, 5.41) is 11.9. The van der Waals surface area contributed by atoms with Crippen molar-refractivity contribution in [3.05, 3.63) is 11.6 Å². The number of allylic oxidation sites excluding steroid dienone is 1.